The third-order valence-electron chi connectivity index (χ3n) is 13.2. The average molecular weight is 1080 g/mol. The molecule has 400 valence electrons. The molecule has 0 aliphatic rings. The molecule has 0 aliphatic heterocycles. The van der Waals surface area contributed by atoms with Crippen molar-refractivity contribution in [3.63, 3.8) is 0 Å². The first-order chi connectivity index (χ1) is 40.2. The Morgan fingerprint density at radius 2 is 0.451 bits per heavy atom. The Kier molecular flexibility index (Phi) is 15.9. The first kappa shape index (κ1) is 52.5. The fourth-order valence-electron chi connectivity index (χ4n) is 9.25. The summed E-state index contributed by atoms with van der Waals surface area (Å²) in [7, 11) is 0. The van der Waals surface area contributed by atoms with Crippen molar-refractivity contribution in [3.05, 3.63) is 265 Å². The lowest BCUT2D eigenvalue weighted by Crippen LogP contribution is -2.19. The van der Waals surface area contributed by atoms with Crippen LogP contribution in [0.4, 0.5) is 64.7 Å². The summed E-state index contributed by atoms with van der Waals surface area (Å²) in [4.78, 5) is 67.8. The number of anilines is 8. The van der Waals surface area contributed by atoms with Crippen molar-refractivity contribution < 1.29 is 19.2 Å². The molecule has 0 saturated heterocycles. The van der Waals surface area contributed by atoms with Crippen molar-refractivity contribution in [2.45, 2.75) is 12.8 Å². The van der Waals surface area contributed by atoms with Crippen LogP contribution in [-0.2, 0) is 12.8 Å². The van der Waals surface area contributed by atoms with Crippen LogP contribution >= 0.6 is 0 Å². The molecule has 0 unspecified atom stereocenters. The Hall–Kier alpha value is -11.5. The second kappa shape index (κ2) is 24.9. The third-order valence-corrected chi connectivity index (χ3v) is 13.2. The van der Waals surface area contributed by atoms with Crippen molar-refractivity contribution in [1.82, 2.24) is 19.9 Å². The van der Waals surface area contributed by atoms with Gasteiger partial charge >= 0.3 is 24.1 Å². The molecular formula is C66H52N12O4. The molecule has 16 nitrogen and oxygen atoms in total. The van der Waals surface area contributed by atoms with E-state index in [0.717, 1.165) is 65.9 Å². The molecule has 8 amide bonds. The van der Waals surface area contributed by atoms with Crippen molar-refractivity contribution in [1.29, 1.82) is 0 Å². The van der Waals surface area contributed by atoms with Gasteiger partial charge in [0.25, 0.3) is 0 Å². The van der Waals surface area contributed by atoms with Crippen molar-refractivity contribution in [2.75, 3.05) is 42.5 Å². The number of nitrogens with one attached hydrogen (secondary N) is 8. The van der Waals surface area contributed by atoms with Gasteiger partial charge in [-0.2, -0.15) is 0 Å². The predicted octanol–water partition coefficient (Wildman–Crippen LogP) is 15.3. The van der Waals surface area contributed by atoms with Crippen molar-refractivity contribution in [3.8, 4) is 0 Å². The molecule has 12 aromatic rings. The molecule has 4 aromatic heterocycles. The smallest absolute Gasteiger partial charge is 0.308 e. The van der Waals surface area contributed by atoms with E-state index in [2.05, 4.69) is 62.5 Å². The highest BCUT2D eigenvalue weighted by Gasteiger charge is 2.12. The Labute approximate surface area is 471 Å². The number of hydrogen-bond donors (Lipinski definition) is 8. The fourth-order valence-corrected chi connectivity index (χ4v) is 9.25. The van der Waals surface area contributed by atoms with Crippen LogP contribution in [0.25, 0.3) is 43.6 Å². The molecule has 16 heteroatoms. The third kappa shape index (κ3) is 13.4. The number of nitrogens with zero attached hydrogens (tertiary/aromatic N) is 4. The molecule has 82 heavy (non-hydrogen) atoms. The SMILES string of the molecule is O=C(Nc1ccc(Cc2ccc(NC(=O)Nc3cccc4cccnc34)cc2)cc1)Nc1cccc2cccnc12.O=C(Nc1ccc(Cc2ccc(NC(=O)Nc3cccc4cccnc34)cc2)cc1)Nc1cccc2cccnc12. The van der Waals surface area contributed by atoms with Gasteiger partial charge in [-0.15, -0.1) is 0 Å². The minimum absolute atomic E-state index is 0.334. The van der Waals surface area contributed by atoms with E-state index in [4.69, 9.17) is 0 Å². The zero-order chi connectivity index (χ0) is 56.0. The molecule has 0 radical (unpaired) electrons. The Bertz CT molecular complexity index is 3690. The number of pyridine rings is 4. The zero-order valence-electron chi connectivity index (χ0n) is 43.9. The topological polar surface area (TPSA) is 216 Å². The Morgan fingerprint density at radius 1 is 0.244 bits per heavy atom. The van der Waals surface area contributed by atoms with Crippen LogP contribution in [0.2, 0.25) is 0 Å². The van der Waals surface area contributed by atoms with Gasteiger partial charge in [-0.3, -0.25) is 19.9 Å². The number of rotatable bonds is 12. The molecule has 4 heterocycles. The summed E-state index contributed by atoms with van der Waals surface area (Å²) in [5.74, 6) is 0. The van der Waals surface area contributed by atoms with Crippen molar-refractivity contribution >= 4 is 113 Å². The minimum Gasteiger partial charge on any atom is -0.308 e. The summed E-state index contributed by atoms with van der Waals surface area (Å²) in [5, 5.41) is 26.8. The van der Waals surface area contributed by atoms with E-state index in [1.54, 1.807) is 24.8 Å². The van der Waals surface area contributed by atoms with Gasteiger partial charge in [-0.05, 0) is 132 Å². The number of aromatic nitrogens is 4. The summed E-state index contributed by atoms with van der Waals surface area (Å²) in [5.41, 5.74) is 12.7. The highest BCUT2D eigenvalue weighted by molar-refractivity contribution is 6.08. The number of benzene rings is 8. The van der Waals surface area contributed by atoms with E-state index in [9.17, 15) is 19.2 Å². The summed E-state index contributed by atoms with van der Waals surface area (Å²) in [6.45, 7) is 0. The first-order valence-corrected chi connectivity index (χ1v) is 26.2. The van der Waals surface area contributed by atoms with E-state index in [-0.39, 0.29) is 24.1 Å². The van der Waals surface area contributed by atoms with Gasteiger partial charge in [-0.1, -0.05) is 121 Å². The van der Waals surface area contributed by atoms with E-state index < -0.39 is 0 Å². The van der Waals surface area contributed by atoms with E-state index in [0.29, 0.717) is 58.3 Å². The maximum atomic E-state index is 12.6. The summed E-state index contributed by atoms with van der Waals surface area (Å²) in [6, 6.07) is 67.4. The Morgan fingerprint density at radius 3 is 0.671 bits per heavy atom. The molecule has 0 fully saturated rings. The zero-order valence-corrected chi connectivity index (χ0v) is 43.9. The van der Waals surface area contributed by atoms with Crippen LogP contribution < -0.4 is 42.5 Å². The number of hydrogen-bond acceptors (Lipinski definition) is 8. The standard InChI is InChI=1S/2C33H26N6O2/c2*40-32(38-28-9-1-5-24-7-3-19-34-30(24)28)36-26-15-11-22(12-16-26)21-23-13-17-27(18-14-23)37-33(41)39-29-10-2-6-25-8-4-20-35-31(25)29/h2*1-20H,21H2,(H2,36,38,40)(H2,37,39,41). The monoisotopic (exact) mass is 1080 g/mol. The van der Waals surface area contributed by atoms with E-state index in [1.807, 2.05) is 218 Å². The maximum Gasteiger partial charge on any atom is 0.323 e. The Balaban J connectivity index is 0.000000172. The van der Waals surface area contributed by atoms with Crippen molar-refractivity contribution in [2.24, 2.45) is 0 Å². The molecule has 12 rings (SSSR count). The highest BCUT2D eigenvalue weighted by atomic mass is 16.2. The molecule has 0 atom stereocenters. The van der Waals surface area contributed by atoms with Crippen LogP contribution in [0, 0.1) is 0 Å². The number of carbonyl (C=O) groups excluding carboxylic acids is 4. The molecule has 0 saturated carbocycles. The molecule has 0 spiro atoms. The van der Waals surface area contributed by atoms with Crippen LogP contribution in [-0.4, -0.2) is 44.1 Å². The lowest BCUT2D eigenvalue weighted by Gasteiger charge is -2.11. The average Bonchev–Trinajstić information content (AvgIpc) is 3.50. The molecule has 0 aliphatic carbocycles. The second-order valence-corrected chi connectivity index (χ2v) is 19.0. The van der Waals surface area contributed by atoms with Crippen LogP contribution in [0.1, 0.15) is 22.3 Å². The first-order valence-electron chi connectivity index (χ1n) is 26.2. The number of carbonyl (C=O) groups is 4. The molecule has 8 aromatic carbocycles. The quantitative estimate of drug-likeness (QED) is 0.0587. The fraction of sp³-hybridized carbons (Fsp3) is 0.0303. The summed E-state index contributed by atoms with van der Waals surface area (Å²) in [6.07, 6.45) is 8.24. The van der Waals surface area contributed by atoms with Crippen LogP contribution in [0.15, 0.2) is 243 Å². The van der Waals surface area contributed by atoms with Crippen LogP contribution in [0.5, 0.6) is 0 Å². The maximum absolute atomic E-state index is 12.6. The largest absolute Gasteiger partial charge is 0.323 e. The van der Waals surface area contributed by atoms with Gasteiger partial charge in [0.1, 0.15) is 0 Å². The van der Waals surface area contributed by atoms with E-state index >= 15 is 0 Å². The van der Waals surface area contributed by atoms with Gasteiger partial charge in [-0.25, -0.2) is 19.2 Å². The highest BCUT2D eigenvalue weighted by Crippen LogP contribution is 2.26. The lowest BCUT2D eigenvalue weighted by atomic mass is 10.0. The number of fused-ring (bicyclic) bond motifs is 4. The number of para-hydroxylation sites is 4. The second-order valence-electron chi connectivity index (χ2n) is 19.0. The van der Waals surface area contributed by atoms with Crippen LogP contribution in [0.3, 0.4) is 0 Å². The molecule has 0 bridgehead atoms. The van der Waals surface area contributed by atoms with Gasteiger partial charge < -0.3 is 42.5 Å². The van der Waals surface area contributed by atoms with Gasteiger partial charge in [0.2, 0.25) is 0 Å². The lowest BCUT2D eigenvalue weighted by molar-refractivity contribution is 0.261. The summed E-state index contributed by atoms with van der Waals surface area (Å²) < 4.78 is 0. The number of amides is 8. The summed E-state index contributed by atoms with van der Waals surface area (Å²) >= 11 is 0. The molecular weight excluding hydrogens is 1020 g/mol. The van der Waals surface area contributed by atoms with Gasteiger partial charge in [0.15, 0.2) is 0 Å². The number of urea groups is 4. The predicted molar refractivity (Wildman–Crippen MR) is 329 cm³/mol. The van der Waals surface area contributed by atoms with Gasteiger partial charge in [0.05, 0.1) is 44.8 Å². The minimum atomic E-state index is -0.334. The normalized spacial score (nSPS) is 10.7. The van der Waals surface area contributed by atoms with E-state index in [1.165, 1.54) is 0 Å². The van der Waals surface area contributed by atoms with Gasteiger partial charge in [0, 0.05) is 69.1 Å². The molecule has 8 N–H and O–H groups in total.